The number of H-pyrrole nitrogens is 1. The van der Waals surface area contributed by atoms with Gasteiger partial charge in [-0.2, -0.15) is 5.10 Å². The van der Waals surface area contributed by atoms with Crippen molar-refractivity contribution in [3.8, 4) is 11.3 Å². The van der Waals surface area contributed by atoms with E-state index in [2.05, 4.69) is 29.3 Å². The zero-order valence-electron chi connectivity index (χ0n) is 12.0. The number of aromatic amines is 1. The van der Waals surface area contributed by atoms with E-state index in [4.69, 9.17) is 0 Å². The van der Waals surface area contributed by atoms with Crippen molar-refractivity contribution >= 4 is 0 Å². The molecule has 0 spiro atoms. The summed E-state index contributed by atoms with van der Waals surface area (Å²) in [7, 11) is 0. The number of benzene rings is 2. The summed E-state index contributed by atoms with van der Waals surface area (Å²) in [4.78, 5) is 0. The van der Waals surface area contributed by atoms with Gasteiger partial charge in [-0.05, 0) is 18.1 Å². The normalized spacial score (nSPS) is 12.3. The summed E-state index contributed by atoms with van der Waals surface area (Å²) in [6.45, 7) is 2.06. The highest BCUT2D eigenvalue weighted by Crippen LogP contribution is 2.28. The number of rotatable bonds is 4. The van der Waals surface area contributed by atoms with Crippen molar-refractivity contribution in [3.63, 3.8) is 0 Å². The fourth-order valence-corrected chi connectivity index (χ4v) is 2.56. The molecule has 1 aromatic heterocycles. The average molecular weight is 278 g/mol. The average Bonchev–Trinajstić information content (AvgIpc) is 2.98. The van der Waals surface area contributed by atoms with Crippen molar-refractivity contribution in [2.75, 3.05) is 0 Å². The molecule has 106 valence electrons. The minimum Gasteiger partial charge on any atom is -0.388 e. The predicted octanol–water partition coefficient (Wildman–Crippen LogP) is 3.66. The Morgan fingerprint density at radius 3 is 2.67 bits per heavy atom. The van der Waals surface area contributed by atoms with E-state index in [-0.39, 0.29) is 0 Å². The maximum Gasteiger partial charge on any atom is 0.0867 e. The smallest absolute Gasteiger partial charge is 0.0867 e. The molecule has 3 nitrogen and oxygen atoms in total. The maximum atomic E-state index is 10.5. The molecule has 0 saturated heterocycles. The van der Waals surface area contributed by atoms with Crippen LogP contribution < -0.4 is 0 Å². The Hall–Kier alpha value is -2.39. The Labute approximate surface area is 124 Å². The number of nitrogens with zero attached hydrogens (tertiary/aromatic N) is 1. The van der Waals surface area contributed by atoms with Gasteiger partial charge in [0, 0.05) is 12.0 Å². The lowest BCUT2D eigenvalue weighted by molar-refractivity contribution is 0.179. The van der Waals surface area contributed by atoms with E-state index >= 15 is 0 Å². The molecule has 1 heterocycles. The Morgan fingerprint density at radius 2 is 1.90 bits per heavy atom. The van der Waals surface area contributed by atoms with Gasteiger partial charge in [-0.15, -0.1) is 0 Å². The van der Waals surface area contributed by atoms with Gasteiger partial charge >= 0.3 is 0 Å². The van der Waals surface area contributed by atoms with Gasteiger partial charge in [0.05, 0.1) is 18.0 Å². The number of aryl methyl sites for hydroxylation is 1. The van der Waals surface area contributed by atoms with E-state index in [1.165, 1.54) is 5.56 Å². The number of nitrogens with one attached hydrogen (secondary N) is 1. The summed E-state index contributed by atoms with van der Waals surface area (Å²) < 4.78 is 0. The molecular formula is C18H18N2O. The number of aliphatic hydroxyl groups is 1. The molecule has 0 aliphatic rings. The van der Waals surface area contributed by atoms with Crippen LogP contribution in [0.15, 0.2) is 60.8 Å². The van der Waals surface area contributed by atoms with Crippen LogP contribution in [0.3, 0.4) is 0 Å². The molecule has 3 heteroatoms. The summed E-state index contributed by atoms with van der Waals surface area (Å²) >= 11 is 0. The van der Waals surface area contributed by atoms with Crippen LogP contribution in [0.4, 0.5) is 0 Å². The van der Waals surface area contributed by atoms with Crippen molar-refractivity contribution in [2.45, 2.75) is 19.4 Å². The number of aliphatic hydroxyl groups excluding tert-OH is 1. The standard InChI is InChI=1S/C18H18N2O/c1-13-6-5-7-14(10-13)11-17(21)16-12-19-20-18(16)15-8-3-2-4-9-15/h2-10,12,17,21H,11H2,1H3,(H,19,20). The zero-order valence-corrected chi connectivity index (χ0v) is 12.0. The largest absolute Gasteiger partial charge is 0.388 e. The molecule has 0 amide bonds. The van der Waals surface area contributed by atoms with Gasteiger partial charge in [0.15, 0.2) is 0 Å². The van der Waals surface area contributed by atoms with E-state index < -0.39 is 6.10 Å². The molecule has 2 N–H and O–H groups in total. The zero-order chi connectivity index (χ0) is 14.7. The second kappa shape index (κ2) is 5.94. The molecular weight excluding hydrogens is 260 g/mol. The van der Waals surface area contributed by atoms with Crippen LogP contribution in [0.25, 0.3) is 11.3 Å². The second-order valence-corrected chi connectivity index (χ2v) is 5.28. The highest BCUT2D eigenvalue weighted by atomic mass is 16.3. The van der Waals surface area contributed by atoms with Crippen molar-refractivity contribution < 1.29 is 5.11 Å². The highest BCUT2D eigenvalue weighted by Gasteiger charge is 2.16. The first-order valence-electron chi connectivity index (χ1n) is 7.06. The number of hydrogen-bond donors (Lipinski definition) is 2. The van der Waals surface area contributed by atoms with Crippen LogP contribution in [0.1, 0.15) is 22.8 Å². The molecule has 21 heavy (non-hydrogen) atoms. The van der Waals surface area contributed by atoms with Gasteiger partial charge < -0.3 is 5.11 Å². The third-order valence-electron chi connectivity index (χ3n) is 3.60. The van der Waals surface area contributed by atoms with Gasteiger partial charge in [0.2, 0.25) is 0 Å². The number of aromatic nitrogens is 2. The van der Waals surface area contributed by atoms with Crippen LogP contribution in [0.5, 0.6) is 0 Å². The molecule has 1 unspecified atom stereocenters. The summed E-state index contributed by atoms with van der Waals surface area (Å²) in [5.41, 5.74) is 5.09. The minimum atomic E-state index is -0.569. The molecule has 0 fully saturated rings. The first-order valence-corrected chi connectivity index (χ1v) is 7.06. The Morgan fingerprint density at radius 1 is 1.10 bits per heavy atom. The minimum absolute atomic E-state index is 0.569. The molecule has 3 aromatic rings. The van der Waals surface area contributed by atoms with Gasteiger partial charge in [0.25, 0.3) is 0 Å². The van der Waals surface area contributed by atoms with E-state index in [0.717, 1.165) is 22.4 Å². The molecule has 3 rings (SSSR count). The Balaban J connectivity index is 1.86. The van der Waals surface area contributed by atoms with Gasteiger partial charge in [-0.25, -0.2) is 0 Å². The molecule has 2 aromatic carbocycles. The Kier molecular flexibility index (Phi) is 3.84. The van der Waals surface area contributed by atoms with Crippen molar-refractivity contribution in [1.29, 1.82) is 0 Å². The van der Waals surface area contributed by atoms with E-state index in [1.807, 2.05) is 42.5 Å². The molecule has 1 atom stereocenters. The van der Waals surface area contributed by atoms with Crippen molar-refractivity contribution in [2.24, 2.45) is 0 Å². The fourth-order valence-electron chi connectivity index (χ4n) is 2.56. The topological polar surface area (TPSA) is 48.9 Å². The SMILES string of the molecule is Cc1cccc(CC(O)c2cn[nH]c2-c2ccccc2)c1. The fraction of sp³-hybridized carbons (Fsp3) is 0.167. The molecule has 0 aliphatic heterocycles. The van der Waals surface area contributed by atoms with Crippen LogP contribution in [-0.4, -0.2) is 15.3 Å². The summed E-state index contributed by atoms with van der Waals surface area (Å²) in [6.07, 6.45) is 1.73. The lowest BCUT2D eigenvalue weighted by Gasteiger charge is -2.12. The molecule has 0 bridgehead atoms. The summed E-state index contributed by atoms with van der Waals surface area (Å²) in [5.74, 6) is 0. The molecule has 0 radical (unpaired) electrons. The van der Waals surface area contributed by atoms with E-state index in [1.54, 1.807) is 6.20 Å². The van der Waals surface area contributed by atoms with E-state index in [0.29, 0.717) is 6.42 Å². The summed E-state index contributed by atoms with van der Waals surface area (Å²) in [5, 5.41) is 17.6. The number of hydrogen-bond acceptors (Lipinski definition) is 2. The van der Waals surface area contributed by atoms with Crippen molar-refractivity contribution in [3.05, 3.63) is 77.5 Å². The first kappa shape index (κ1) is 13.6. The third-order valence-corrected chi connectivity index (χ3v) is 3.60. The van der Waals surface area contributed by atoms with Crippen LogP contribution in [0.2, 0.25) is 0 Å². The van der Waals surface area contributed by atoms with Gasteiger partial charge in [0.1, 0.15) is 0 Å². The van der Waals surface area contributed by atoms with Gasteiger partial charge in [-0.3, -0.25) is 5.10 Å². The van der Waals surface area contributed by atoms with Gasteiger partial charge in [-0.1, -0.05) is 60.2 Å². The van der Waals surface area contributed by atoms with E-state index in [9.17, 15) is 5.11 Å². The van der Waals surface area contributed by atoms with Crippen LogP contribution in [-0.2, 0) is 6.42 Å². The van der Waals surface area contributed by atoms with Crippen LogP contribution >= 0.6 is 0 Å². The first-order chi connectivity index (χ1) is 10.2. The molecule has 0 saturated carbocycles. The molecule has 0 aliphatic carbocycles. The predicted molar refractivity (Wildman–Crippen MR) is 83.9 cm³/mol. The lowest BCUT2D eigenvalue weighted by atomic mass is 9.98. The van der Waals surface area contributed by atoms with Crippen molar-refractivity contribution in [1.82, 2.24) is 10.2 Å². The quantitative estimate of drug-likeness (QED) is 0.765. The second-order valence-electron chi connectivity index (χ2n) is 5.28. The highest BCUT2D eigenvalue weighted by molar-refractivity contribution is 5.63. The lowest BCUT2D eigenvalue weighted by Crippen LogP contribution is -2.02. The monoisotopic (exact) mass is 278 g/mol. The maximum absolute atomic E-state index is 10.5. The summed E-state index contributed by atoms with van der Waals surface area (Å²) in [6, 6.07) is 18.2. The third kappa shape index (κ3) is 3.03. The van der Waals surface area contributed by atoms with Crippen LogP contribution in [0, 0.1) is 6.92 Å². The Bertz CT molecular complexity index is 719.